The van der Waals surface area contributed by atoms with Crippen LogP contribution in [0.15, 0.2) is 24.3 Å². The Morgan fingerprint density at radius 1 is 1.24 bits per heavy atom. The fourth-order valence-electron chi connectivity index (χ4n) is 1.85. The number of benzene rings is 1. The third kappa shape index (κ3) is 7.56. The molecule has 5 nitrogen and oxygen atoms in total. The molecule has 0 spiro atoms. The molecule has 0 radical (unpaired) electrons. The predicted octanol–water partition coefficient (Wildman–Crippen LogP) is 2.43. The third-order valence-corrected chi connectivity index (χ3v) is 2.87. The van der Waals surface area contributed by atoms with Crippen LogP contribution < -0.4 is 15.4 Å². The van der Waals surface area contributed by atoms with E-state index < -0.39 is 6.10 Å². The molecule has 1 atom stereocenters. The summed E-state index contributed by atoms with van der Waals surface area (Å²) in [6.45, 7) is 6.67. The van der Waals surface area contributed by atoms with Crippen LogP contribution in [0, 0.1) is 0 Å². The Morgan fingerprint density at radius 2 is 1.90 bits per heavy atom. The summed E-state index contributed by atoms with van der Waals surface area (Å²) in [5.41, 5.74) is 0.996. The van der Waals surface area contributed by atoms with Crippen LogP contribution in [0.3, 0.4) is 0 Å². The standard InChI is InChI=1S/C16H26N2O3/c1-4-5-14(19)11-18-16(20)17-10-13-6-8-15(9-7-13)21-12(2)3/h6-9,12,14,19H,4-5,10-11H2,1-3H3,(H2,17,18,20). The molecule has 0 aliphatic rings. The summed E-state index contributed by atoms with van der Waals surface area (Å²) in [5, 5.41) is 14.9. The molecule has 1 unspecified atom stereocenters. The van der Waals surface area contributed by atoms with Gasteiger partial charge in [-0.3, -0.25) is 0 Å². The zero-order chi connectivity index (χ0) is 15.7. The second-order valence-corrected chi connectivity index (χ2v) is 5.32. The fraction of sp³-hybridized carbons (Fsp3) is 0.562. The van der Waals surface area contributed by atoms with Crippen molar-refractivity contribution in [3.8, 4) is 5.75 Å². The molecule has 3 N–H and O–H groups in total. The Morgan fingerprint density at radius 3 is 2.48 bits per heavy atom. The normalized spacial score (nSPS) is 12.0. The van der Waals surface area contributed by atoms with Crippen molar-refractivity contribution in [2.24, 2.45) is 0 Å². The number of aliphatic hydroxyl groups is 1. The lowest BCUT2D eigenvalue weighted by Gasteiger charge is -2.12. The van der Waals surface area contributed by atoms with Crippen molar-refractivity contribution in [3.63, 3.8) is 0 Å². The van der Waals surface area contributed by atoms with Gasteiger partial charge in [0.25, 0.3) is 0 Å². The van der Waals surface area contributed by atoms with Crippen molar-refractivity contribution in [1.29, 1.82) is 0 Å². The lowest BCUT2D eigenvalue weighted by atomic mass is 10.2. The summed E-state index contributed by atoms with van der Waals surface area (Å²) in [5.74, 6) is 0.820. The van der Waals surface area contributed by atoms with Gasteiger partial charge in [0.2, 0.25) is 0 Å². The highest BCUT2D eigenvalue weighted by molar-refractivity contribution is 5.73. The predicted molar refractivity (Wildman–Crippen MR) is 83.4 cm³/mol. The fourth-order valence-corrected chi connectivity index (χ4v) is 1.85. The van der Waals surface area contributed by atoms with Crippen LogP contribution in [0.2, 0.25) is 0 Å². The van der Waals surface area contributed by atoms with E-state index in [0.29, 0.717) is 13.0 Å². The summed E-state index contributed by atoms with van der Waals surface area (Å²) in [7, 11) is 0. The van der Waals surface area contributed by atoms with Gasteiger partial charge in [0.05, 0.1) is 12.2 Å². The number of amides is 2. The van der Waals surface area contributed by atoms with Gasteiger partial charge in [-0.1, -0.05) is 25.5 Å². The first-order valence-corrected chi connectivity index (χ1v) is 7.46. The first-order valence-electron chi connectivity index (χ1n) is 7.46. The minimum absolute atomic E-state index is 0.148. The van der Waals surface area contributed by atoms with Gasteiger partial charge in [0.1, 0.15) is 5.75 Å². The van der Waals surface area contributed by atoms with Gasteiger partial charge in [0, 0.05) is 13.1 Å². The van der Waals surface area contributed by atoms with E-state index in [0.717, 1.165) is 17.7 Å². The Kier molecular flexibility index (Phi) is 7.61. The largest absolute Gasteiger partial charge is 0.491 e. The molecule has 5 heteroatoms. The molecule has 0 fully saturated rings. The molecule has 0 aliphatic carbocycles. The second-order valence-electron chi connectivity index (χ2n) is 5.32. The third-order valence-electron chi connectivity index (χ3n) is 2.87. The number of urea groups is 1. The van der Waals surface area contributed by atoms with E-state index in [9.17, 15) is 9.90 Å². The maximum absolute atomic E-state index is 11.6. The van der Waals surface area contributed by atoms with Crippen LogP contribution >= 0.6 is 0 Å². The van der Waals surface area contributed by atoms with E-state index >= 15 is 0 Å². The van der Waals surface area contributed by atoms with Crippen molar-refractivity contribution in [2.75, 3.05) is 6.54 Å². The summed E-state index contributed by atoms with van der Waals surface area (Å²) in [6.07, 6.45) is 1.26. The molecule has 1 aromatic carbocycles. The molecule has 118 valence electrons. The quantitative estimate of drug-likeness (QED) is 0.689. The minimum atomic E-state index is -0.479. The lowest BCUT2D eigenvalue weighted by Crippen LogP contribution is -2.39. The van der Waals surface area contributed by atoms with Crippen molar-refractivity contribution >= 4 is 6.03 Å². The summed E-state index contributed by atoms with van der Waals surface area (Å²) < 4.78 is 5.56. The van der Waals surface area contributed by atoms with E-state index in [1.54, 1.807) is 0 Å². The average Bonchev–Trinajstić information content (AvgIpc) is 2.44. The van der Waals surface area contributed by atoms with Gasteiger partial charge in [-0.2, -0.15) is 0 Å². The number of aliphatic hydroxyl groups excluding tert-OH is 1. The number of hydrogen-bond donors (Lipinski definition) is 3. The van der Waals surface area contributed by atoms with Crippen LogP contribution in [0.25, 0.3) is 0 Å². The van der Waals surface area contributed by atoms with E-state index in [1.807, 2.05) is 45.0 Å². The SMILES string of the molecule is CCCC(O)CNC(=O)NCc1ccc(OC(C)C)cc1. The number of hydrogen-bond acceptors (Lipinski definition) is 3. The number of carbonyl (C=O) groups excluding carboxylic acids is 1. The van der Waals surface area contributed by atoms with Crippen LogP contribution in [-0.2, 0) is 6.54 Å². The highest BCUT2D eigenvalue weighted by Crippen LogP contribution is 2.13. The van der Waals surface area contributed by atoms with Crippen molar-refractivity contribution in [3.05, 3.63) is 29.8 Å². The van der Waals surface area contributed by atoms with Gasteiger partial charge in [-0.05, 0) is 38.0 Å². The van der Waals surface area contributed by atoms with Crippen LogP contribution in [-0.4, -0.2) is 29.9 Å². The minimum Gasteiger partial charge on any atom is -0.491 e. The first-order chi connectivity index (χ1) is 10.0. The monoisotopic (exact) mass is 294 g/mol. The Hall–Kier alpha value is -1.75. The zero-order valence-electron chi connectivity index (χ0n) is 13.1. The van der Waals surface area contributed by atoms with E-state index in [4.69, 9.17) is 4.74 Å². The maximum atomic E-state index is 11.6. The number of ether oxygens (including phenoxy) is 1. The Bertz CT molecular complexity index is 418. The van der Waals surface area contributed by atoms with Crippen LogP contribution in [0.4, 0.5) is 4.79 Å². The Balaban J connectivity index is 2.29. The molecule has 0 aromatic heterocycles. The average molecular weight is 294 g/mol. The van der Waals surface area contributed by atoms with Crippen molar-refractivity contribution in [2.45, 2.75) is 52.4 Å². The lowest BCUT2D eigenvalue weighted by molar-refractivity contribution is 0.160. The molecule has 0 aliphatic heterocycles. The van der Waals surface area contributed by atoms with Gasteiger partial charge < -0.3 is 20.5 Å². The molecular weight excluding hydrogens is 268 g/mol. The van der Waals surface area contributed by atoms with Crippen LogP contribution in [0.1, 0.15) is 39.2 Å². The molecule has 1 rings (SSSR count). The van der Waals surface area contributed by atoms with Gasteiger partial charge >= 0.3 is 6.03 Å². The molecular formula is C16H26N2O3. The van der Waals surface area contributed by atoms with Gasteiger partial charge in [-0.25, -0.2) is 4.79 Å². The summed E-state index contributed by atoms with van der Waals surface area (Å²) in [6, 6.07) is 7.35. The molecule has 0 saturated heterocycles. The van der Waals surface area contributed by atoms with Gasteiger partial charge in [0.15, 0.2) is 0 Å². The van der Waals surface area contributed by atoms with Crippen molar-refractivity contribution < 1.29 is 14.6 Å². The van der Waals surface area contributed by atoms with Gasteiger partial charge in [-0.15, -0.1) is 0 Å². The molecule has 0 bridgehead atoms. The van der Waals surface area contributed by atoms with E-state index in [2.05, 4.69) is 10.6 Å². The maximum Gasteiger partial charge on any atom is 0.315 e. The molecule has 0 heterocycles. The molecule has 21 heavy (non-hydrogen) atoms. The summed E-state index contributed by atoms with van der Waals surface area (Å²) >= 11 is 0. The summed E-state index contributed by atoms with van der Waals surface area (Å²) in [4.78, 5) is 11.6. The number of rotatable bonds is 8. The van der Waals surface area contributed by atoms with Crippen molar-refractivity contribution in [1.82, 2.24) is 10.6 Å². The number of carbonyl (C=O) groups is 1. The molecule has 1 aromatic rings. The Labute approximate surface area is 126 Å². The van der Waals surface area contributed by atoms with E-state index in [1.165, 1.54) is 0 Å². The van der Waals surface area contributed by atoms with Crippen LogP contribution in [0.5, 0.6) is 5.75 Å². The van der Waals surface area contributed by atoms with E-state index in [-0.39, 0.29) is 18.7 Å². The molecule has 0 saturated carbocycles. The highest BCUT2D eigenvalue weighted by Gasteiger charge is 2.05. The first kappa shape index (κ1) is 17.3. The zero-order valence-corrected chi connectivity index (χ0v) is 13.1. The highest BCUT2D eigenvalue weighted by atomic mass is 16.5. The smallest absolute Gasteiger partial charge is 0.315 e. The molecule has 2 amide bonds. The number of nitrogens with one attached hydrogen (secondary N) is 2. The second kappa shape index (κ2) is 9.23. The topological polar surface area (TPSA) is 70.6 Å².